The summed E-state index contributed by atoms with van der Waals surface area (Å²) >= 11 is 3.13. The van der Waals surface area contributed by atoms with E-state index in [1.807, 2.05) is 0 Å². The highest BCUT2D eigenvalue weighted by molar-refractivity contribution is 9.09. The first-order valence-corrected chi connectivity index (χ1v) is 4.69. The number of aldehydes is 1. The largest absolute Gasteiger partial charge is 0.298 e. The van der Waals surface area contributed by atoms with Crippen molar-refractivity contribution >= 4 is 22.2 Å². The standard InChI is InChI=1S/C10H6BrFO/c11-5-1-2-8-3-4-10(12)6-9(8)7-13/h3-4,6-7H,5H2. The van der Waals surface area contributed by atoms with Crippen molar-refractivity contribution in [2.45, 2.75) is 0 Å². The third kappa shape index (κ3) is 2.67. The normalized spacial score (nSPS) is 8.77. The summed E-state index contributed by atoms with van der Waals surface area (Å²) in [6.07, 6.45) is 0.599. The molecule has 0 aliphatic rings. The number of carbonyl (C=O) groups excluding carboxylic acids is 1. The van der Waals surface area contributed by atoms with Crippen molar-refractivity contribution in [2.75, 3.05) is 5.33 Å². The van der Waals surface area contributed by atoms with Gasteiger partial charge in [0, 0.05) is 11.1 Å². The second kappa shape index (κ2) is 4.78. The van der Waals surface area contributed by atoms with Gasteiger partial charge in [0.1, 0.15) is 5.82 Å². The van der Waals surface area contributed by atoms with E-state index in [0.717, 1.165) is 0 Å². The second-order valence-electron chi connectivity index (χ2n) is 2.28. The number of benzene rings is 1. The molecule has 0 atom stereocenters. The van der Waals surface area contributed by atoms with Crippen molar-refractivity contribution in [3.63, 3.8) is 0 Å². The molecule has 0 bridgehead atoms. The molecule has 0 heterocycles. The molecule has 0 amide bonds. The van der Waals surface area contributed by atoms with Crippen LogP contribution in [0.4, 0.5) is 4.39 Å². The van der Waals surface area contributed by atoms with Crippen molar-refractivity contribution in [1.82, 2.24) is 0 Å². The maximum atomic E-state index is 12.6. The van der Waals surface area contributed by atoms with Crippen LogP contribution in [-0.2, 0) is 0 Å². The van der Waals surface area contributed by atoms with Crippen molar-refractivity contribution in [1.29, 1.82) is 0 Å². The van der Waals surface area contributed by atoms with Crippen LogP contribution in [0, 0.1) is 17.7 Å². The molecule has 0 unspecified atom stereocenters. The Morgan fingerprint density at radius 1 is 1.54 bits per heavy atom. The molecule has 66 valence electrons. The number of halogens is 2. The molecule has 0 spiro atoms. The van der Waals surface area contributed by atoms with Crippen molar-refractivity contribution in [2.24, 2.45) is 0 Å². The maximum Gasteiger partial charge on any atom is 0.151 e. The Balaban J connectivity index is 3.13. The minimum Gasteiger partial charge on any atom is -0.298 e. The van der Waals surface area contributed by atoms with Crippen molar-refractivity contribution in [3.8, 4) is 11.8 Å². The Bertz CT molecular complexity index is 376. The van der Waals surface area contributed by atoms with Gasteiger partial charge in [0.15, 0.2) is 6.29 Å². The summed E-state index contributed by atoms with van der Waals surface area (Å²) in [4.78, 5) is 10.5. The topological polar surface area (TPSA) is 17.1 Å². The van der Waals surface area contributed by atoms with Gasteiger partial charge in [-0.25, -0.2) is 4.39 Å². The van der Waals surface area contributed by atoms with E-state index in [0.29, 0.717) is 17.2 Å². The molecule has 1 aromatic carbocycles. The second-order valence-corrected chi connectivity index (χ2v) is 2.85. The van der Waals surface area contributed by atoms with Crippen LogP contribution in [0.2, 0.25) is 0 Å². The summed E-state index contributed by atoms with van der Waals surface area (Å²) < 4.78 is 12.6. The first-order valence-electron chi connectivity index (χ1n) is 3.57. The lowest BCUT2D eigenvalue weighted by Crippen LogP contribution is -1.88. The molecule has 0 radical (unpaired) electrons. The van der Waals surface area contributed by atoms with Crippen LogP contribution < -0.4 is 0 Å². The van der Waals surface area contributed by atoms with E-state index in [9.17, 15) is 9.18 Å². The van der Waals surface area contributed by atoms with Gasteiger partial charge in [-0.15, -0.1) is 0 Å². The lowest BCUT2D eigenvalue weighted by molar-refractivity contribution is 0.112. The van der Waals surface area contributed by atoms with Crippen LogP contribution in [0.3, 0.4) is 0 Å². The van der Waals surface area contributed by atoms with Crippen LogP contribution in [-0.4, -0.2) is 11.6 Å². The SMILES string of the molecule is O=Cc1cc(F)ccc1C#CCBr. The van der Waals surface area contributed by atoms with Gasteiger partial charge in [-0.05, 0) is 18.2 Å². The van der Waals surface area contributed by atoms with E-state index in [4.69, 9.17) is 0 Å². The molecule has 0 saturated heterocycles. The number of rotatable bonds is 1. The van der Waals surface area contributed by atoms with Crippen LogP contribution in [0.25, 0.3) is 0 Å². The molecule has 0 aliphatic carbocycles. The van der Waals surface area contributed by atoms with Crippen LogP contribution >= 0.6 is 15.9 Å². The predicted molar refractivity (Wildman–Crippen MR) is 52.5 cm³/mol. The van der Waals surface area contributed by atoms with Gasteiger partial charge in [-0.1, -0.05) is 27.8 Å². The molecule has 1 nitrogen and oxygen atoms in total. The van der Waals surface area contributed by atoms with E-state index in [1.165, 1.54) is 18.2 Å². The van der Waals surface area contributed by atoms with E-state index in [2.05, 4.69) is 27.8 Å². The van der Waals surface area contributed by atoms with E-state index >= 15 is 0 Å². The molecule has 0 N–H and O–H groups in total. The van der Waals surface area contributed by atoms with Gasteiger partial charge < -0.3 is 0 Å². The third-order valence-electron chi connectivity index (χ3n) is 1.43. The molecule has 1 rings (SSSR count). The molecular formula is C10H6BrFO. The molecule has 13 heavy (non-hydrogen) atoms. The third-order valence-corrected chi connectivity index (χ3v) is 1.71. The zero-order chi connectivity index (χ0) is 9.68. The summed E-state index contributed by atoms with van der Waals surface area (Å²) in [7, 11) is 0. The fourth-order valence-corrected chi connectivity index (χ4v) is 1.01. The molecule has 0 fully saturated rings. The highest BCUT2D eigenvalue weighted by atomic mass is 79.9. The summed E-state index contributed by atoms with van der Waals surface area (Å²) in [6.45, 7) is 0. The monoisotopic (exact) mass is 240 g/mol. The molecule has 3 heteroatoms. The summed E-state index contributed by atoms with van der Waals surface area (Å²) in [6, 6.07) is 3.95. The van der Waals surface area contributed by atoms with Crippen molar-refractivity contribution in [3.05, 3.63) is 35.1 Å². The van der Waals surface area contributed by atoms with E-state index < -0.39 is 5.82 Å². The predicted octanol–water partition coefficient (Wildman–Crippen LogP) is 2.38. The summed E-state index contributed by atoms with van der Waals surface area (Å²) in [5.74, 6) is 5.07. The highest BCUT2D eigenvalue weighted by Gasteiger charge is 1.99. The fraction of sp³-hybridized carbons (Fsp3) is 0.100. The Morgan fingerprint density at radius 3 is 2.92 bits per heavy atom. The fourth-order valence-electron chi connectivity index (χ4n) is 0.874. The van der Waals surface area contributed by atoms with Crippen molar-refractivity contribution < 1.29 is 9.18 Å². The molecule has 1 aromatic rings. The first kappa shape index (κ1) is 9.94. The number of hydrogen-bond donors (Lipinski definition) is 0. The number of hydrogen-bond acceptors (Lipinski definition) is 1. The highest BCUT2D eigenvalue weighted by Crippen LogP contribution is 2.07. The smallest absolute Gasteiger partial charge is 0.151 e. The molecular weight excluding hydrogens is 235 g/mol. The van der Waals surface area contributed by atoms with Crippen LogP contribution in [0.1, 0.15) is 15.9 Å². The Hall–Kier alpha value is -1.14. The number of carbonyl (C=O) groups is 1. The Kier molecular flexibility index (Phi) is 3.66. The van der Waals surface area contributed by atoms with Crippen LogP contribution in [0.15, 0.2) is 18.2 Å². The van der Waals surface area contributed by atoms with Gasteiger partial charge in [-0.2, -0.15) is 0 Å². The summed E-state index contributed by atoms with van der Waals surface area (Å²) in [5, 5.41) is 0.530. The zero-order valence-corrected chi connectivity index (χ0v) is 8.27. The van der Waals surface area contributed by atoms with E-state index in [-0.39, 0.29) is 5.56 Å². The molecule has 0 aromatic heterocycles. The average molecular weight is 241 g/mol. The Labute approximate surface area is 84.1 Å². The van der Waals surface area contributed by atoms with E-state index in [1.54, 1.807) is 0 Å². The molecule has 0 saturated carbocycles. The molecule has 0 aliphatic heterocycles. The Morgan fingerprint density at radius 2 is 2.31 bits per heavy atom. The zero-order valence-electron chi connectivity index (χ0n) is 6.68. The summed E-state index contributed by atoms with van der Waals surface area (Å²) in [5.41, 5.74) is 0.837. The van der Waals surface area contributed by atoms with Gasteiger partial charge >= 0.3 is 0 Å². The average Bonchev–Trinajstić information content (AvgIpc) is 2.16. The first-order chi connectivity index (χ1) is 6.27. The van der Waals surface area contributed by atoms with Gasteiger partial charge in [0.25, 0.3) is 0 Å². The van der Waals surface area contributed by atoms with Crippen LogP contribution in [0.5, 0.6) is 0 Å². The maximum absolute atomic E-state index is 12.6. The lowest BCUT2D eigenvalue weighted by atomic mass is 10.1. The van der Waals surface area contributed by atoms with Gasteiger partial charge in [-0.3, -0.25) is 4.79 Å². The van der Waals surface area contributed by atoms with Gasteiger partial charge in [0.2, 0.25) is 0 Å². The minimum absolute atomic E-state index is 0.286. The lowest BCUT2D eigenvalue weighted by Gasteiger charge is -1.95. The number of alkyl halides is 1. The van der Waals surface area contributed by atoms with Gasteiger partial charge in [0.05, 0.1) is 5.33 Å². The minimum atomic E-state index is -0.425. The quantitative estimate of drug-likeness (QED) is 0.419.